The second-order valence-corrected chi connectivity index (χ2v) is 7.50. The molecule has 0 radical (unpaired) electrons. The van der Waals surface area contributed by atoms with E-state index in [0.717, 1.165) is 39.4 Å². The van der Waals surface area contributed by atoms with E-state index in [1.807, 2.05) is 26.8 Å². The molecule has 0 aliphatic rings. The van der Waals surface area contributed by atoms with Gasteiger partial charge >= 0.3 is 0 Å². The van der Waals surface area contributed by atoms with Gasteiger partial charge in [0.1, 0.15) is 5.82 Å². The van der Waals surface area contributed by atoms with Gasteiger partial charge in [-0.1, -0.05) is 36.4 Å². The molecule has 0 bridgehead atoms. The molecule has 0 N–H and O–H groups in total. The molecule has 28 heavy (non-hydrogen) atoms. The van der Waals surface area contributed by atoms with Gasteiger partial charge in [0.15, 0.2) is 0 Å². The maximum absolute atomic E-state index is 4.87. The summed E-state index contributed by atoms with van der Waals surface area (Å²) in [6.07, 6.45) is 0. The van der Waals surface area contributed by atoms with Crippen LogP contribution in [-0.2, 0) is 0 Å². The number of aryl methyl sites for hydroxylation is 4. The lowest BCUT2D eigenvalue weighted by molar-refractivity contribution is 1.08. The predicted octanol–water partition coefficient (Wildman–Crippen LogP) is 6.23. The van der Waals surface area contributed by atoms with E-state index in [-0.39, 0.29) is 0 Å². The van der Waals surface area contributed by atoms with Crippen LogP contribution in [-0.4, -0.2) is 15.0 Å². The minimum atomic E-state index is 0.780. The quantitative estimate of drug-likeness (QED) is 0.331. The average molecular weight is 363 g/mol. The van der Waals surface area contributed by atoms with Crippen molar-refractivity contribution < 1.29 is 0 Å². The molecule has 0 atom stereocenters. The van der Waals surface area contributed by atoms with Crippen molar-refractivity contribution in [2.75, 3.05) is 0 Å². The molecule has 5 rings (SSSR count). The van der Waals surface area contributed by atoms with Crippen LogP contribution in [0.25, 0.3) is 43.7 Å². The van der Waals surface area contributed by atoms with E-state index in [9.17, 15) is 0 Å². The molecule has 0 fully saturated rings. The molecule has 0 amide bonds. The van der Waals surface area contributed by atoms with Gasteiger partial charge in [-0.25, -0.2) is 9.97 Å². The van der Waals surface area contributed by atoms with Gasteiger partial charge in [0.2, 0.25) is 0 Å². The Morgan fingerprint density at radius 2 is 1.46 bits per heavy atom. The number of hydrogen-bond donors (Lipinski definition) is 0. The van der Waals surface area contributed by atoms with E-state index >= 15 is 0 Å². The Labute approximate surface area is 164 Å². The van der Waals surface area contributed by atoms with E-state index in [2.05, 4.69) is 60.4 Å². The van der Waals surface area contributed by atoms with Crippen molar-refractivity contribution in [1.29, 1.82) is 0 Å². The van der Waals surface area contributed by atoms with Crippen molar-refractivity contribution in [2.45, 2.75) is 27.7 Å². The van der Waals surface area contributed by atoms with E-state index < -0.39 is 0 Å². The van der Waals surface area contributed by atoms with Crippen molar-refractivity contribution in [3.63, 3.8) is 0 Å². The molecule has 2 aromatic heterocycles. The SMILES string of the molecule is Cc1ccc(-c2nc(C)nc3c2ccc2c4ccccc4cc(C)c23)c(C)n1. The molecule has 3 heteroatoms. The first-order chi connectivity index (χ1) is 13.5. The molecule has 3 aromatic carbocycles. The predicted molar refractivity (Wildman–Crippen MR) is 117 cm³/mol. The number of rotatable bonds is 1. The lowest BCUT2D eigenvalue weighted by atomic mass is 9.94. The Hall–Kier alpha value is -3.33. The first-order valence-corrected chi connectivity index (χ1v) is 9.57. The summed E-state index contributed by atoms with van der Waals surface area (Å²) < 4.78 is 0. The summed E-state index contributed by atoms with van der Waals surface area (Å²) in [6, 6.07) is 19.3. The largest absolute Gasteiger partial charge is 0.258 e. The van der Waals surface area contributed by atoms with Crippen LogP contribution in [0, 0.1) is 27.7 Å². The maximum Gasteiger partial charge on any atom is 0.126 e. The molecule has 0 spiro atoms. The van der Waals surface area contributed by atoms with Gasteiger partial charge in [-0.05, 0) is 67.6 Å². The molecule has 0 saturated carbocycles. The van der Waals surface area contributed by atoms with Crippen LogP contribution in [0.4, 0.5) is 0 Å². The Bertz CT molecular complexity index is 1400. The molecule has 0 aliphatic carbocycles. The summed E-state index contributed by atoms with van der Waals surface area (Å²) in [5.41, 5.74) is 6.30. The Balaban J connectivity index is 1.95. The molecular weight excluding hydrogens is 342 g/mol. The van der Waals surface area contributed by atoms with Crippen molar-refractivity contribution in [3.05, 3.63) is 77.4 Å². The van der Waals surface area contributed by atoms with Gasteiger partial charge in [-0.2, -0.15) is 0 Å². The third-order valence-electron chi connectivity index (χ3n) is 5.48. The van der Waals surface area contributed by atoms with E-state index in [1.165, 1.54) is 27.1 Å². The maximum atomic E-state index is 4.87. The molecule has 136 valence electrons. The molecule has 0 unspecified atom stereocenters. The molecule has 5 aromatic rings. The lowest BCUT2D eigenvalue weighted by Gasteiger charge is -2.14. The summed E-state index contributed by atoms with van der Waals surface area (Å²) >= 11 is 0. The first kappa shape index (κ1) is 16.8. The van der Waals surface area contributed by atoms with E-state index in [0.29, 0.717) is 0 Å². The zero-order chi connectivity index (χ0) is 19.4. The molecule has 3 nitrogen and oxygen atoms in total. The van der Waals surface area contributed by atoms with Crippen molar-refractivity contribution in [3.8, 4) is 11.3 Å². The number of hydrogen-bond acceptors (Lipinski definition) is 3. The zero-order valence-electron chi connectivity index (χ0n) is 16.5. The van der Waals surface area contributed by atoms with Gasteiger partial charge in [0, 0.05) is 27.7 Å². The summed E-state index contributed by atoms with van der Waals surface area (Å²) in [5, 5.41) is 6.05. The highest BCUT2D eigenvalue weighted by Gasteiger charge is 2.15. The molecular formula is C25H21N3. The number of fused-ring (bicyclic) bond motifs is 5. The van der Waals surface area contributed by atoms with E-state index in [1.54, 1.807) is 0 Å². The van der Waals surface area contributed by atoms with Crippen LogP contribution in [0.3, 0.4) is 0 Å². The Kier molecular flexibility index (Phi) is 3.66. The number of nitrogens with zero attached hydrogens (tertiary/aromatic N) is 3. The van der Waals surface area contributed by atoms with Crippen LogP contribution >= 0.6 is 0 Å². The minimum absolute atomic E-state index is 0.780. The number of pyridine rings is 1. The molecule has 2 heterocycles. The number of aromatic nitrogens is 3. The Morgan fingerprint density at radius 1 is 0.679 bits per heavy atom. The highest BCUT2D eigenvalue weighted by atomic mass is 14.9. The highest BCUT2D eigenvalue weighted by Crippen LogP contribution is 2.36. The fourth-order valence-corrected chi connectivity index (χ4v) is 4.25. The smallest absolute Gasteiger partial charge is 0.126 e. The zero-order valence-corrected chi connectivity index (χ0v) is 16.5. The second-order valence-electron chi connectivity index (χ2n) is 7.50. The average Bonchev–Trinajstić information content (AvgIpc) is 2.67. The third kappa shape index (κ3) is 2.47. The highest BCUT2D eigenvalue weighted by molar-refractivity contribution is 6.19. The van der Waals surface area contributed by atoms with Crippen LogP contribution < -0.4 is 0 Å². The second kappa shape index (κ2) is 6.10. The van der Waals surface area contributed by atoms with Crippen LogP contribution in [0.15, 0.2) is 54.6 Å². The third-order valence-corrected chi connectivity index (χ3v) is 5.48. The van der Waals surface area contributed by atoms with Crippen molar-refractivity contribution in [1.82, 2.24) is 15.0 Å². The topological polar surface area (TPSA) is 38.7 Å². The monoisotopic (exact) mass is 363 g/mol. The van der Waals surface area contributed by atoms with Crippen molar-refractivity contribution in [2.24, 2.45) is 0 Å². The van der Waals surface area contributed by atoms with Crippen LogP contribution in [0.5, 0.6) is 0 Å². The normalized spacial score (nSPS) is 11.6. The summed E-state index contributed by atoms with van der Waals surface area (Å²) in [4.78, 5) is 14.3. The lowest BCUT2D eigenvalue weighted by Crippen LogP contribution is -1.98. The summed E-state index contributed by atoms with van der Waals surface area (Å²) in [7, 11) is 0. The Morgan fingerprint density at radius 3 is 2.29 bits per heavy atom. The summed E-state index contributed by atoms with van der Waals surface area (Å²) in [5.74, 6) is 0.780. The standard InChI is InChI=1S/C25H21N3/c1-14-13-18-7-5-6-8-20(18)21-11-12-22-24(19-10-9-15(2)26-16(19)3)27-17(4)28-25(22)23(14)21/h5-13H,1-4H3. The van der Waals surface area contributed by atoms with Crippen LogP contribution in [0.2, 0.25) is 0 Å². The van der Waals surface area contributed by atoms with Crippen molar-refractivity contribution >= 4 is 32.4 Å². The van der Waals surface area contributed by atoms with Gasteiger partial charge in [-0.15, -0.1) is 0 Å². The summed E-state index contributed by atoms with van der Waals surface area (Å²) in [6.45, 7) is 8.20. The first-order valence-electron chi connectivity index (χ1n) is 9.57. The fourth-order valence-electron chi connectivity index (χ4n) is 4.25. The molecule has 0 saturated heterocycles. The van der Waals surface area contributed by atoms with Crippen LogP contribution in [0.1, 0.15) is 22.8 Å². The van der Waals surface area contributed by atoms with E-state index in [4.69, 9.17) is 9.97 Å². The minimum Gasteiger partial charge on any atom is -0.258 e. The van der Waals surface area contributed by atoms with Gasteiger partial charge in [0.05, 0.1) is 11.2 Å². The van der Waals surface area contributed by atoms with Gasteiger partial charge < -0.3 is 0 Å². The van der Waals surface area contributed by atoms with Gasteiger partial charge in [0.25, 0.3) is 0 Å². The van der Waals surface area contributed by atoms with Gasteiger partial charge in [-0.3, -0.25) is 4.98 Å². The fraction of sp³-hybridized carbons (Fsp3) is 0.160. The number of benzene rings is 3. The molecule has 0 aliphatic heterocycles.